The minimum absolute atomic E-state index is 0.0582. The molecule has 3 aromatic rings. The van der Waals surface area contributed by atoms with Gasteiger partial charge in [0.15, 0.2) is 0 Å². The number of anilines is 2. The molecule has 0 spiro atoms. The maximum absolute atomic E-state index is 13.3. The third-order valence-corrected chi connectivity index (χ3v) is 6.76. The second-order valence-electron chi connectivity index (χ2n) is 9.34. The number of nitrogens with zero attached hydrogens (tertiary/aromatic N) is 5. The number of likely N-dealkylation sites (tertiary alicyclic amines) is 1. The van der Waals surface area contributed by atoms with Crippen molar-refractivity contribution in [3.63, 3.8) is 0 Å². The van der Waals surface area contributed by atoms with Gasteiger partial charge >= 0.3 is 0 Å². The van der Waals surface area contributed by atoms with Gasteiger partial charge in [-0.15, -0.1) is 0 Å². The molecule has 3 aliphatic rings. The van der Waals surface area contributed by atoms with Crippen molar-refractivity contribution in [2.75, 3.05) is 36.9 Å². The molecule has 2 aromatic carbocycles. The number of benzene rings is 2. The van der Waals surface area contributed by atoms with Gasteiger partial charge < -0.3 is 19.9 Å². The van der Waals surface area contributed by atoms with Crippen LogP contribution in [0.25, 0.3) is 11.1 Å². The van der Waals surface area contributed by atoms with Gasteiger partial charge in [-0.05, 0) is 61.9 Å². The molecule has 1 unspecified atom stereocenters. The third kappa shape index (κ3) is 4.05. The Hall–Kier alpha value is -3.65. The van der Waals surface area contributed by atoms with E-state index in [-0.39, 0.29) is 18.2 Å². The number of amides is 1. The average molecular weight is 457 g/mol. The molecule has 1 amide bonds. The van der Waals surface area contributed by atoms with E-state index in [0.29, 0.717) is 5.71 Å². The summed E-state index contributed by atoms with van der Waals surface area (Å²) in [5.41, 5.74) is 5.15. The van der Waals surface area contributed by atoms with Gasteiger partial charge in [0.2, 0.25) is 0 Å². The van der Waals surface area contributed by atoms with Crippen molar-refractivity contribution in [2.45, 2.75) is 25.1 Å². The number of nitrogens with one attached hydrogen (secondary N) is 1. The Morgan fingerprint density at radius 3 is 2.59 bits per heavy atom. The fourth-order valence-corrected chi connectivity index (χ4v) is 4.73. The Balaban J connectivity index is 1.18. The topological polar surface area (TPSA) is 74.8 Å². The number of carbonyl (C=O) groups excluding carboxylic acids is 1. The number of aliphatic imine (C=N–C) groups is 1. The number of aryl methyl sites for hydroxylation is 1. The lowest BCUT2D eigenvalue weighted by Crippen LogP contribution is -2.35. The van der Waals surface area contributed by atoms with Gasteiger partial charge in [0.25, 0.3) is 5.91 Å². The fourth-order valence-electron chi connectivity index (χ4n) is 4.73. The van der Waals surface area contributed by atoms with Crippen LogP contribution in [0.15, 0.2) is 59.9 Å². The molecule has 4 heterocycles. The zero-order valence-electron chi connectivity index (χ0n) is 19.4. The molecule has 0 aliphatic carbocycles. The van der Waals surface area contributed by atoms with Crippen LogP contribution in [0.4, 0.5) is 11.4 Å². The van der Waals surface area contributed by atoms with Crippen LogP contribution in [0.5, 0.6) is 5.75 Å². The summed E-state index contributed by atoms with van der Waals surface area (Å²) in [4.78, 5) is 22.5. The van der Waals surface area contributed by atoms with Crippen LogP contribution in [0, 0.1) is 0 Å². The monoisotopic (exact) mass is 456 g/mol. The summed E-state index contributed by atoms with van der Waals surface area (Å²) in [5.74, 6) is 0.641. The molecule has 3 aliphatic heterocycles. The third-order valence-electron chi connectivity index (χ3n) is 6.76. The lowest BCUT2D eigenvalue weighted by atomic mass is 9.99. The Kier molecular flexibility index (Phi) is 5.10. The largest absolute Gasteiger partial charge is 0.490 e. The van der Waals surface area contributed by atoms with E-state index in [4.69, 9.17) is 9.73 Å². The highest BCUT2D eigenvalue weighted by atomic mass is 16.5. The number of hydrogen-bond donors (Lipinski definition) is 1. The zero-order chi connectivity index (χ0) is 23.2. The van der Waals surface area contributed by atoms with Gasteiger partial charge in [-0.3, -0.25) is 14.5 Å². The van der Waals surface area contributed by atoms with E-state index in [1.165, 1.54) is 0 Å². The van der Waals surface area contributed by atoms with Crippen molar-refractivity contribution in [3.05, 3.63) is 60.4 Å². The average Bonchev–Trinajstić information content (AvgIpc) is 3.51. The fraction of sp³-hybridized carbons (Fsp3) is 0.346. The molecule has 1 N–H and O–H groups in total. The lowest BCUT2D eigenvalue weighted by Gasteiger charge is -2.29. The lowest BCUT2D eigenvalue weighted by molar-refractivity contribution is -0.110. The summed E-state index contributed by atoms with van der Waals surface area (Å²) in [6.07, 6.45) is 6.18. The number of aromatic nitrogens is 2. The standard InChI is InChI=1S/C26H28N6O2/c1-30-11-9-21(10-12-30)34-20-6-4-19(5-7-20)28-26(33)25-22-13-17(18-14-27-31(2)15-18)3-8-23(22)32-16-24(32)29-25/h3-8,13-15,21,24H,9-12,16H2,1-2H3,(H,28,33). The number of hydrogen-bond acceptors (Lipinski definition) is 6. The van der Waals surface area contributed by atoms with Crippen LogP contribution in [-0.2, 0) is 11.8 Å². The van der Waals surface area contributed by atoms with E-state index in [9.17, 15) is 4.79 Å². The highest BCUT2D eigenvalue weighted by molar-refractivity contribution is 6.50. The van der Waals surface area contributed by atoms with Crippen molar-refractivity contribution in [3.8, 4) is 16.9 Å². The summed E-state index contributed by atoms with van der Waals surface area (Å²) >= 11 is 0. The molecule has 0 bridgehead atoms. The minimum atomic E-state index is -0.194. The van der Waals surface area contributed by atoms with Gasteiger partial charge in [-0.2, -0.15) is 5.10 Å². The Labute approximate surface area is 198 Å². The van der Waals surface area contributed by atoms with Crippen molar-refractivity contribution < 1.29 is 9.53 Å². The van der Waals surface area contributed by atoms with E-state index < -0.39 is 0 Å². The maximum atomic E-state index is 13.3. The highest BCUT2D eigenvalue weighted by Gasteiger charge is 2.41. The number of carbonyl (C=O) groups is 1. The van der Waals surface area contributed by atoms with Gasteiger partial charge in [-0.25, -0.2) is 0 Å². The Morgan fingerprint density at radius 1 is 1.06 bits per heavy atom. The molecule has 8 nitrogen and oxygen atoms in total. The summed E-state index contributed by atoms with van der Waals surface area (Å²) in [7, 11) is 4.04. The smallest absolute Gasteiger partial charge is 0.274 e. The quantitative estimate of drug-likeness (QED) is 0.597. The highest BCUT2D eigenvalue weighted by Crippen LogP contribution is 2.39. The molecule has 0 saturated carbocycles. The van der Waals surface area contributed by atoms with Crippen molar-refractivity contribution in [1.82, 2.24) is 14.7 Å². The molecule has 1 aromatic heterocycles. The van der Waals surface area contributed by atoms with E-state index in [0.717, 1.165) is 66.3 Å². The second kappa shape index (κ2) is 8.29. The van der Waals surface area contributed by atoms with E-state index in [1.807, 2.05) is 49.8 Å². The first-order valence-electron chi connectivity index (χ1n) is 11.8. The van der Waals surface area contributed by atoms with Crippen LogP contribution in [-0.4, -0.2) is 65.3 Å². The van der Waals surface area contributed by atoms with E-state index >= 15 is 0 Å². The summed E-state index contributed by atoms with van der Waals surface area (Å²) < 4.78 is 7.90. The minimum Gasteiger partial charge on any atom is -0.490 e. The summed E-state index contributed by atoms with van der Waals surface area (Å²) in [6.45, 7) is 2.96. The SMILES string of the molecule is CN1CCC(Oc2ccc(NC(=O)C3=NC4CN4c4ccc(-c5cnn(C)c5)cc43)cc2)CC1. The Morgan fingerprint density at radius 2 is 1.85 bits per heavy atom. The molecule has 174 valence electrons. The first kappa shape index (κ1) is 20.9. The molecule has 8 heteroatoms. The van der Waals surface area contributed by atoms with Crippen molar-refractivity contribution >= 4 is 23.0 Å². The van der Waals surface area contributed by atoms with E-state index in [1.54, 1.807) is 4.68 Å². The molecular formula is C26H28N6O2. The summed E-state index contributed by atoms with van der Waals surface area (Å²) in [5, 5.41) is 7.29. The van der Waals surface area contributed by atoms with Gasteiger partial charge in [0, 0.05) is 48.8 Å². The summed E-state index contributed by atoms with van der Waals surface area (Å²) in [6, 6.07) is 13.8. The molecule has 6 rings (SSSR count). The van der Waals surface area contributed by atoms with Crippen LogP contribution in [0.3, 0.4) is 0 Å². The second-order valence-corrected chi connectivity index (χ2v) is 9.34. The maximum Gasteiger partial charge on any atom is 0.274 e. The van der Waals surface area contributed by atoms with E-state index in [2.05, 4.69) is 39.4 Å². The molecule has 0 radical (unpaired) electrons. The zero-order valence-corrected chi connectivity index (χ0v) is 19.4. The Bertz CT molecular complexity index is 1260. The molecule has 2 saturated heterocycles. The normalized spacial score (nSPS) is 19.8. The number of ether oxygens (including phenoxy) is 1. The molecule has 2 fully saturated rings. The van der Waals surface area contributed by atoms with Gasteiger partial charge in [0.05, 0.1) is 12.7 Å². The number of fused-ring (bicyclic) bond motifs is 3. The van der Waals surface area contributed by atoms with Crippen molar-refractivity contribution in [2.24, 2.45) is 12.0 Å². The van der Waals surface area contributed by atoms with Gasteiger partial charge in [-0.1, -0.05) is 6.07 Å². The molecule has 1 atom stereocenters. The van der Waals surface area contributed by atoms with Crippen LogP contribution < -0.4 is 15.0 Å². The van der Waals surface area contributed by atoms with Crippen LogP contribution >= 0.6 is 0 Å². The number of rotatable bonds is 5. The molecular weight excluding hydrogens is 428 g/mol. The van der Waals surface area contributed by atoms with Crippen molar-refractivity contribution in [1.29, 1.82) is 0 Å². The first-order valence-corrected chi connectivity index (χ1v) is 11.8. The predicted octanol–water partition coefficient (Wildman–Crippen LogP) is 3.15. The molecule has 34 heavy (non-hydrogen) atoms. The van der Waals surface area contributed by atoms with Crippen LogP contribution in [0.2, 0.25) is 0 Å². The predicted molar refractivity (Wildman–Crippen MR) is 133 cm³/mol. The van der Waals surface area contributed by atoms with Crippen LogP contribution in [0.1, 0.15) is 18.4 Å². The number of piperidine rings is 1. The van der Waals surface area contributed by atoms with Gasteiger partial charge in [0.1, 0.15) is 23.7 Å². The first-order chi connectivity index (χ1) is 16.5.